The molecule has 0 amide bonds. The summed E-state index contributed by atoms with van der Waals surface area (Å²) in [6.45, 7) is 13.6. The summed E-state index contributed by atoms with van der Waals surface area (Å²) in [4.78, 5) is 11.5. The van der Waals surface area contributed by atoms with Crippen molar-refractivity contribution in [2.45, 2.75) is 115 Å². The lowest BCUT2D eigenvalue weighted by Crippen LogP contribution is -2.45. The van der Waals surface area contributed by atoms with Gasteiger partial charge < -0.3 is 19.0 Å². The Labute approximate surface area is 285 Å². The van der Waals surface area contributed by atoms with Gasteiger partial charge in [0.2, 0.25) is 0 Å². The van der Waals surface area contributed by atoms with E-state index >= 15 is 0 Å². The fourth-order valence-electron chi connectivity index (χ4n) is 5.67. The average molecular weight is 718 g/mol. The minimum Gasteiger partial charge on any atom is -0.469 e. The van der Waals surface area contributed by atoms with E-state index in [1.807, 2.05) is 30.3 Å². The predicted octanol–water partition coefficient (Wildman–Crippen LogP) is 9.73. The summed E-state index contributed by atoms with van der Waals surface area (Å²) in [6, 6.07) is 14.8. The second kappa shape index (κ2) is 17.3. The average Bonchev–Trinajstić information content (AvgIpc) is 3.31. The first-order valence-corrected chi connectivity index (χ1v) is 20.2. The Hall–Kier alpha value is -2.10. The van der Waals surface area contributed by atoms with Crippen molar-refractivity contribution in [2.75, 3.05) is 7.11 Å². The molecular formula is C38H54BrFO5Si. The first kappa shape index (κ1) is 38.3. The number of ether oxygens (including phenoxy) is 2. The zero-order valence-corrected chi connectivity index (χ0v) is 31.3. The number of hydrogen-bond donors (Lipinski definition) is 1. The lowest BCUT2D eigenvalue weighted by molar-refractivity contribution is -0.140. The van der Waals surface area contributed by atoms with Gasteiger partial charge in [-0.15, -0.1) is 0 Å². The largest absolute Gasteiger partial charge is 0.469 e. The Bertz CT molecular complexity index is 1320. The quantitative estimate of drug-likeness (QED) is 0.0811. The highest BCUT2D eigenvalue weighted by Gasteiger charge is 2.48. The predicted molar refractivity (Wildman–Crippen MR) is 190 cm³/mol. The maximum atomic E-state index is 14.3. The summed E-state index contributed by atoms with van der Waals surface area (Å²) < 4.78 is 33.9. The van der Waals surface area contributed by atoms with Gasteiger partial charge in [0.25, 0.3) is 0 Å². The number of aryl methyl sites for hydroxylation is 1. The Morgan fingerprint density at radius 2 is 1.72 bits per heavy atom. The van der Waals surface area contributed by atoms with E-state index in [0.29, 0.717) is 31.4 Å². The van der Waals surface area contributed by atoms with Crippen molar-refractivity contribution in [2.24, 2.45) is 11.8 Å². The van der Waals surface area contributed by atoms with Crippen LogP contribution in [-0.2, 0) is 31.7 Å². The fourth-order valence-corrected chi connectivity index (χ4v) is 7.45. The molecule has 254 valence electrons. The molecule has 8 heteroatoms. The van der Waals surface area contributed by atoms with Gasteiger partial charge in [-0.25, -0.2) is 4.39 Å². The van der Waals surface area contributed by atoms with E-state index in [-0.39, 0.29) is 40.9 Å². The number of rotatable bonds is 16. The first-order valence-electron chi connectivity index (χ1n) is 16.5. The van der Waals surface area contributed by atoms with Crippen molar-refractivity contribution in [3.05, 3.63) is 94.3 Å². The molecule has 1 aliphatic carbocycles. The van der Waals surface area contributed by atoms with Gasteiger partial charge in [-0.2, -0.15) is 0 Å². The summed E-state index contributed by atoms with van der Waals surface area (Å²) in [5.74, 6) is -0.308. The smallest absolute Gasteiger partial charge is 0.305 e. The van der Waals surface area contributed by atoms with E-state index in [0.717, 1.165) is 35.7 Å². The van der Waals surface area contributed by atoms with E-state index in [1.54, 1.807) is 19.1 Å². The third-order valence-electron chi connectivity index (χ3n) is 9.62. The Balaban J connectivity index is 1.88. The highest BCUT2D eigenvalue weighted by Crippen LogP contribution is 2.45. The molecule has 0 radical (unpaired) electrons. The Morgan fingerprint density at radius 3 is 2.37 bits per heavy atom. The van der Waals surface area contributed by atoms with Crippen LogP contribution in [0.4, 0.5) is 4.39 Å². The van der Waals surface area contributed by atoms with Gasteiger partial charge in [0.1, 0.15) is 5.82 Å². The maximum absolute atomic E-state index is 14.3. The number of halogens is 2. The number of benzene rings is 2. The monoisotopic (exact) mass is 716 g/mol. The van der Waals surface area contributed by atoms with Crippen molar-refractivity contribution in [1.82, 2.24) is 0 Å². The van der Waals surface area contributed by atoms with Crippen molar-refractivity contribution in [1.29, 1.82) is 0 Å². The summed E-state index contributed by atoms with van der Waals surface area (Å²) in [6.07, 6.45) is 12.5. The number of hydrogen-bond acceptors (Lipinski definition) is 5. The first-order chi connectivity index (χ1) is 21.6. The minimum atomic E-state index is -2.11. The van der Waals surface area contributed by atoms with Crippen molar-refractivity contribution < 1.29 is 28.2 Å². The standard InChI is InChI=1S/C38H54BrFO5Si/c1-37(2,3)46(6,7)45-35-26-34(44-27-29-17-12-14-19-32(29)39)31(30(35)18-10-8-9-11-21-36(41)43-5)23-25-38(4,42)24-22-28-16-13-15-20-33(28)40/h8,10,12-17,19-20,23,25,30-31,34-35,42H,9,11,18,21-22,24,26-27H2,1-7H3/t30-,31-,34-,35+,38+/m1/s1. The number of methoxy groups -OCH3 is 1. The molecule has 2 aromatic rings. The molecule has 0 aromatic heterocycles. The number of aliphatic hydroxyl groups is 1. The summed E-state index contributed by atoms with van der Waals surface area (Å²) in [5.41, 5.74) is 0.560. The zero-order chi connectivity index (χ0) is 34.0. The van der Waals surface area contributed by atoms with E-state index < -0.39 is 13.9 Å². The summed E-state index contributed by atoms with van der Waals surface area (Å²) in [7, 11) is -0.689. The van der Waals surface area contributed by atoms with Gasteiger partial charge in [-0.1, -0.05) is 97.4 Å². The fraction of sp³-hybridized carbons (Fsp3) is 0.553. The van der Waals surface area contributed by atoms with Crippen molar-refractivity contribution in [3.63, 3.8) is 0 Å². The molecule has 3 rings (SSSR count). The third-order valence-corrected chi connectivity index (χ3v) is 14.9. The van der Waals surface area contributed by atoms with Crippen LogP contribution in [0.5, 0.6) is 0 Å². The van der Waals surface area contributed by atoms with Gasteiger partial charge >= 0.3 is 5.97 Å². The van der Waals surface area contributed by atoms with Gasteiger partial charge in [0, 0.05) is 16.8 Å². The molecule has 2 aromatic carbocycles. The molecule has 0 bridgehead atoms. The molecule has 46 heavy (non-hydrogen) atoms. The number of carbonyl (C=O) groups is 1. The minimum absolute atomic E-state index is 0.00286. The van der Waals surface area contributed by atoms with E-state index in [9.17, 15) is 14.3 Å². The molecule has 0 spiro atoms. The lowest BCUT2D eigenvalue weighted by Gasteiger charge is -2.40. The molecule has 5 nitrogen and oxygen atoms in total. The van der Waals surface area contributed by atoms with Crippen LogP contribution in [0, 0.1) is 17.7 Å². The molecule has 1 fully saturated rings. The van der Waals surface area contributed by atoms with Crippen LogP contribution >= 0.6 is 15.9 Å². The van der Waals surface area contributed by atoms with Crippen LogP contribution in [0.15, 0.2) is 77.3 Å². The van der Waals surface area contributed by atoms with E-state index in [1.165, 1.54) is 13.2 Å². The number of allylic oxidation sites excluding steroid dienone is 2. The molecular weight excluding hydrogens is 663 g/mol. The second-order valence-corrected chi connectivity index (χ2v) is 19.9. The molecule has 0 aliphatic heterocycles. The number of carbonyl (C=O) groups excluding carboxylic acids is 1. The molecule has 1 N–H and O–H groups in total. The van der Waals surface area contributed by atoms with Crippen molar-refractivity contribution >= 4 is 30.2 Å². The van der Waals surface area contributed by atoms with E-state index in [2.05, 4.69) is 74.1 Å². The number of esters is 1. The molecule has 0 unspecified atom stereocenters. The second-order valence-electron chi connectivity index (χ2n) is 14.3. The van der Waals surface area contributed by atoms with Crippen LogP contribution in [0.3, 0.4) is 0 Å². The number of unbranched alkanes of at least 4 members (excludes halogenated alkanes) is 1. The van der Waals surface area contributed by atoms with Crippen LogP contribution in [0.25, 0.3) is 0 Å². The van der Waals surface area contributed by atoms with Crippen LogP contribution in [0.1, 0.15) is 77.3 Å². The Kier molecular flexibility index (Phi) is 14.5. The molecule has 0 heterocycles. The van der Waals surface area contributed by atoms with E-state index in [4.69, 9.17) is 13.9 Å². The van der Waals surface area contributed by atoms with Gasteiger partial charge in [-0.3, -0.25) is 4.79 Å². The highest BCUT2D eigenvalue weighted by molar-refractivity contribution is 9.10. The summed E-state index contributed by atoms with van der Waals surface area (Å²) in [5, 5.41) is 11.5. The Morgan fingerprint density at radius 1 is 1.04 bits per heavy atom. The van der Waals surface area contributed by atoms with Crippen molar-refractivity contribution in [3.8, 4) is 0 Å². The zero-order valence-electron chi connectivity index (χ0n) is 28.7. The molecule has 1 aliphatic rings. The lowest BCUT2D eigenvalue weighted by atomic mass is 9.87. The molecule has 1 saturated carbocycles. The van der Waals surface area contributed by atoms with Gasteiger partial charge in [0.15, 0.2) is 8.32 Å². The molecule has 0 saturated heterocycles. The third kappa shape index (κ3) is 11.5. The van der Waals surface area contributed by atoms with Crippen LogP contribution in [0.2, 0.25) is 18.1 Å². The van der Waals surface area contributed by atoms with Crippen LogP contribution in [-0.4, -0.2) is 44.3 Å². The van der Waals surface area contributed by atoms with Gasteiger partial charge in [-0.05, 0) is 92.8 Å². The molecule has 5 atom stereocenters. The van der Waals surface area contributed by atoms with Crippen LogP contribution < -0.4 is 0 Å². The highest BCUT2D eigenvalue weighted by atomic mass is 79.9. The maximum Gasteiger partial charge on any atom is 0.305 e. The summed E-state index contributed by atoms with van der Waals surface area (Å²) >= 11 is 3.66. The SMILES string of the molecule is COC(=O)CCCC=CC[C@@H]1[C@@H](C=C[C@@](C)(O)CCc2ccccc2F)[C@H](OCc2ccccc2Br)C[C@@H]1O[Si](C)(C)C(C)(C)C. The normalized spacial score (nSPS) is 22.0. The van der Waals surface area contributed by atoms with Gasteiger partial charge in [0.05, 0.1) is 31.5 Å². The topological polar surface area (TPSA) is 65.0 Å².